The number of amides is 2. The fourth-order valence-electron chi connectivity index (χ4n) is 3.87. The van der Waals surface area contributed by atoms with Gasteiger partial charge in [-0.25, -0.2) is 0 Å². The van der Waals surface area contributed by atoms with Crippen LogP contribution in [0, 0.1) is 0 Å². The van der Waals surface area contributed by atoms with Gasteiger partial charge in [0, 0.05) is 23.5 Å². The normalized spacial score (nSPS) is 14.0. The first-order chi connectivity index (χ1) is 16.8. The van der Waals surface area contributed by atoms with Crippen molar-refractivity contribution in [3.8, 4) is 0 Å². The summed E-state index contributed by atoms with van der Waals surface area (Å²) in [6, 6.07) is 12.4. The minimum absolute atomic E-state index is 0.0499. The van der Waals surface area contributed by atoms with Crippen molar-refractivity contribution in [3.05, 3.63) is 71.7 Å². The maximum absolute atomic E-state index is 12.8. The summed E-state index contributed by atoms with van der Waals surface area (Å²) in [5, 5.41) is 7.78. The van der Waals surface area contributed by atoms with Gasteiger partial charge >= 0.3 is 0 Å². The Balaban J connectivity index is 1.45. The Morgan fingerprint density at radius 1 is 0.914 bits per heavy atom. The zero-order valence-electron chi connectivity index (χ0n) is 19.2. The van der Waals surface area contributed by atoms with Crippen molar-refractivity contribution in [1.29, 1.82) is 0 Å². The number of thiol groups is 1. The second kappa shape index (κ2) is 12.2. The minimum Gasteiger partial charge on any atom is -0.379 e. The number of carbonyl (C=O) groups is 5. The summed E-state index contributed by atoms with van der Waals surface area (Å²) in [6.07, 6.45) is 0.230. The average molecular weight is 497 g/mol. The summed E-state index contributed by atoms with van der Waals surface area (Å²) in [5.74, 6) is -1.83. The second-order valence-corrected chi connectivity index (χ2v) is 8.50. The molecule has 0 spiro atoms. The number of nitrogens with zero attached hydrogens (tertiary/aromatic N) is 1. The standard InChI is InChI=1S/C25H28N4O5S/c1-16(12-27-24(33)15-35)26-14-23(32)28-13-18(30)11-22(31)19-9-10-29-20(19)7-8-21(29)25(34)17-5-3-2-4-6-17/h2-8,19,26,35H,1,9-15H2,(H,27,33)(H,28,32). The number of hydrogen-bond acceptors (Lipinski definition) is 7. The van der Waals surface area contributed by atoms with E-state index in [1.54, 1.807) is 36.4 Å². The molecule has 1 aromatic carbocycles. The second-order valence-electron chi connectivity index (χ2n) is 8.18. The Kier molecular flexibility index (Phi) is 9.02. The minimum atomic E-state index is -0.454. The Morgan fingerprint density at radius 2 is 1.63 bits per heavy atom. The van der Waals surface area contributed by atoms with E-state index in [4.69, 9.17) is 0 Å². The molecule has 10 heteroatoms. The molecule has 9 nitrogen and oxygen atoms in total. The zero-order chi connectivity index (χ0) is 25.4. The van der Waals surface area contributed by atoms with E-state index in [0.29, 0.717) is 29.9 Å². The molecule has 1 aliphatic heterocycles. The number of Topliss-reactive ketones (excluding diaryl/α,β-unsaturated/α-hetero) is 2. The third kappa shape index (κ3) is 6.92. The summed E-state index contributed by atoms with van der Waals surface area (Å²) >= 11 is 3.84. The summed E-state index contributed by atoms with van der Waals surface area (Å²) in [4.78, 5) is 61.0. The molecule has 0 aliphatic carbocycles. The van der Waals surface area contributed by atoms with Gasteiger partial charge in [0.2, 0.25) is 17.6 Å². The number of rotatable bonds is 13. The summed E-state index contributed by atoms with van der Waals surface area (Å²) in [6.45, 7) is 4.00. The lowest BCUT2D eigenvalue weighted by Gasteiger charge is -2.11. The van der Waals surface area contributed by atoms with Gasteiger partial charge in [-0.05, 0) is 18.6 Å². The molecular formula is C25H28N4O5S. The molecule has 0 saturated heterocycles. The molecule has 35 heavy (non-hydrogen) atoms. The predicted molar refractivity (Wildman–Crippen MR) is 133 cm³/mol. The average Bonchev–Trinajstić information content (AvgIpc) is 3.47. The molecule has 3 N–H and O–H groups in total. The van der Waals surface area contributed by atoms with Crippen LogP contribution in [0.15, 0.2) is 54.7 Å². The highest BCUT2D eigenvalue weighted by atomic mass is 32.1. The third-order valence-electron chi connectivity index (χ3n) is 5.67. The van der Waals surface area contributed by atoms with Crippen molar-refractivity contribution in [3.63, 3.8) is 0 Å². The third-order valence-corrected chi connectivity index (χ3v) is 5.95. The smallest absolute Gasteiger partial charge is 0.239 e. The molecule has 1 atom stereocenters. The van der Waals surface area contributed by atoms with Gasteiger partial charge in [-0.3, -0.25) is 24.0 Å². The van der Waals surface area contributed by atoms with Gasteiger partial charge < -0.3 is 20.5 Å². The van der Waals surface area contributed by atoms with Gasteiger partial charge in [0.1, 0.15) is 5.78 Å². The number of hydrogen-bond donors (Lipinski definition) is 4. The molecule has 0 saturated carbocycles. The molecule has 3 rings (SSSR count). The van der Waals surface area contributed by atoms with Crippen LogP contribution < -0.4 is 16.0 Å². The first-order valence-electron chi connectivity index (χ1n) is 11.2. The Bertz CT molecular complexity index is 1140. The van der Waals surface area contributed by atoms with Gasteiger partial charge in [-0.1, -0.05) is 36.9 Å². The zero-order valence-corrected chi connectivity index (χ0v) is 20.1. The largest absolute Gasteiger partial charge is 0.379 e. The number of aromatic nitrogens is 1. The van der Waals surface area contributed by atoms with Gasteiger partial charge in [0.05, 0.1) is 43.4 Å². The van der Waals surface area contributed by atoms with Crippen molar-refractivity contribution in [1.82, 2.24) is 20.5 Å². The molecule has 0 fully saturated rings. The highest BCUT2D eigenvalue weighted by molar-refractivity contribution is 7.81. The summed E-state index contributed by atoms with van der Waals surface area (Å²) < 4.78 is 1.85. The van der Waals surface area contributed by atoms with Crippen molar-refractivity contribution >= 4 is 41.8 Å². The van der Waals surface area contributed by atoms with Crippen LogP contribution in [-0.2, 0) is 25.7 Å². The van der Waals surface area contributed by atoms with Crippen LogP contribution in [0.4, 0.5) is 0 Å². The van der Waals surface area contributed by atoms with E-state index in [9.17, 15) is 24.0 Å². The molecule has 2 amide bonds. The van der Waals surface area contributed by atoms with Gasteiger partial charge in [-0.2, -0.15) is 12.6 Å². The van der Waals surface area contributed by atoms with Crippen LogP contribution in [0.5, 0.6) is 0 Å². The van der Waals surface area contributed by atoms with Crippen molar-refractivity contribution in [2.24, 2.45) is 0 Å². The molecule has 2 aromatic rings. The maximum atomic E-state index is 12.8. The predicted octanol–water partition coefficient (Wildman–Crippen LogP) is 1.00. The SMILES string of the molecule is C=C(CNC(=O)CS)NCC(=O)NCC(=O)CC(=O)C1CCn2c(C(=O)c3ccccc3)ccc21. The summed E-state index contributed by atoms with van der Waals surface area (Å²) in [7, 11) is 0. The molecule has 1 aromatic heterocycles. The molecule has 1 unspecified atom stereocenters. The van der Waals surface area contributed by atoms with E-state index in [1.807, 2.05) is 10.6 Å². The number of benzene rings is 1. The lowest BCUT2D eigenvalue weighted by molar-refractivity contribution is -0.129. The number of ketones is 3. The van der Waals surface area contributed by atoms with Crippen molar-refractivity contribution in [2.75, 3.05) is 25.4 Å². The van der Waals surface area contributed by atoms with E-state index in [0.717, 1.165) is 5.69 Å². The van der Waals surface area contributed by atoms with Crippen LogP contribution >= 0.6 is 12.6 Å². The Hall–Kier alpha value is -3.66. The molecule has 184 valence electrons. The van der Waals surface area contributed by atoms with Gasteiger partial charge in [-0.15, -0.1) is 0 Å². The summed E-state index contributed by atoms with van der Waals surface area (Å²) in [5.41, 5.74) is 2.28. The lowest BCUT2D eigenvalue weighted by Crippen LogP contribution is -2.39. The van der Waals surface area contributed by atoms with Crippen LogP contribution in [0.1, 0.15) is 40.5 Å². The monoisotopic (exact) mass is 496 g/mol. The van der Waals surface area contributed by atoms with Gasteiger partial charge in [0.25, 0.3) is 0 Å². The van der Waals surface area contributed by atoms with E-state index >= 15 is 0 Å². The first-order valence-corrected chi connectivity index (χ1v) is 11.8. The van der Waals surface area contributed by atoms with Crippen molar-refractivity contribution in [2.45, 2.75) is 25.3 Å². The first kappa shape index (κ1) is 26.0. The van der Waals surface area contributed by atoms with Crippen LogP contribution in [0.2, 0.25) is 0 Å². The highest BCUT2D eigenvalue weighted by Crippen LogP contribution is 2.32. The molecular weight excluding hydrogens is 468 g/mol. The van der Waals surface area contributed by atoms with Crippen LogP contribution in [0.25, 0.3) is 0 Å². The molecule has 2 heterocycles. The fraction of sp³-hybridized carbons (Fsp3) is 0.320. The Labute approximate surface area is 208 Å². The van der Waals surface area contributed by atoms with Crippen LogP contribution in [-0.4, -0.2) is 59.1 Å². The van der Waals surface area contributed by atoms with Crippen molar-refractivity contribution < 1.29 is 24.0 Å². The molecule has 0 radical (unpaired) electrons. The van der Waals surface area contributed by atoms with Crippen LogP contribution in [0.3, 0.4) is 0 Å². The topological polar surface area (TPSA) is 126 Å². The van der Waals surface area contributed by atoms with E-state index < -0.39 is 17.6 Å². The number of nitrogens with one attached hydrogen (secondary N) is 3. The molecule has 0 bridgehead atoms. The number of fused-ring (bicyclic) bond motifs is 1. The lowest BCUT2D eigenvalue weighted by atomic mass is 9.95. The van der Waals surface area contributed by atoms with Gasteiger partial charge in [0.15, 0.2) is 5.78 Å². The Morgan fingerprint density at radius 3 is 2.34 bits per heavy atom. The quantitative estimate of drug-likeness (QED) is 0.186. The van der Waals surface area contributed by atoms with E-state index in [1.165, 1.54) is 0 Å². The fourth-order valence-corrected chi connectivity index (χ4v) is 3.99. The molecule has 1 aliphatic rings. The van der Waals surface area contributed by atoms with E-state index in [-0.39, 0.29) is 49.3 Å². The number of carbonyl (C=O) groups excluding carboxylic acids is 5. The highest BCUT2D eigenvalue weighted by Gasteiger charge is 2.32. The van der Waals surface area contributed by atoms with E-state index in [2.05, 4.69) is 35.2 Å². The maximum Gasteiger partial charge on any atom is 0.239 e.